The molecule has 0 heterocycles. The number of nitrogens with one attached hydrogen (secondary N) is 2. The quantitative estimate of drug-likeness (QED) is 0.144. The lowest BCUT2D eigenvalue weighted by molar-refractivity contribution is -0.172. The first-order chi connectivity index (χ1) is 20.2. The maximum atomic E-state index is 12.9. The number of carbonyl (C=O) groups is 3. The van der Waals surface area contributed by atoms with Crippen LogP contribution in [0.1, 0.15) is 48.8 Å². The van der Waals surface area contributed by atoms with Crippen molar-refractivity contribution in [2.24, 2.45) is 0 Å². The Labute approximate surface area is 247 Å². The molecule has 2 atom stereocenters. The number of unbranched alkanes of at least 4 members (excludes halogenated alkanes) is 3. The second-order valence-electron chi connectivity index (χ2n) is 10.5. The monoisotopic (exact) mass is 578 g/mol. The minimum Gasteiger partial charge on any atom is -0.480 e. The molecule has 42 heavy (non-hydrogen) atoms. The first kappa shape index (κ1) is 32.6. The molecule has 226 valence electrons. The number of rotatable bonds is 19. The van der Waals surface area contributed by atoms with Crippen molar-refractivity contribution < 1.29 is 34.1 Å². The van der Waals surface area contributed by atoms with Crippen molar-refractivity contribution in [2.75, 3.05) is 31.6 Å². The molecule has 0 spiro atoms. The highest BCUT2D eigenvalue weighted by atomic mass is 16.6. The Morgan fingerprint density at radius 2 is 1.48 bits per heavy atom. The number of carboxylic acids is 2. The zero-order chi connectivity index (χ0) is 30.3. The fourth-order valence-electron chi connectivity index (χ4n) is 4.83. The van der Waals surface area contributed by atoms with Gasteiger partial charge in [0.25, 0.3) is 5.91 Å². The number of carboxylic acid groups (broad SMARTS) is 2. The molecule has 0 saturated heterocycles. The average molecular weight is 579 g/mol. The van der Waals surface area contributed by atoms with E-state index in [0.29, 0.717) is 19.4 Å². The van der Waals surface area contributed by atoms with Gasteiger partial charge in [-0.15, -0.1) is 0 Å². The van der Waals surface area contributed by atoms with Gasteiger partial charge < -0.3 is 30.3 Å². The van der Waals surface area contributed by atoms with E-state index in [1.54, 1.807) is 0 Å². The molecule has 9 heteroatoms. The highest BCUT2D eigenvalue weighted by molar-refractivity contribution is 5.88. The molecule has 3 rings (SSSR count). The summed E-state index contributed by atoms with van der Waals surface area (Å²) in [5.74, 6) is -3.41. The molecule has 0 bridgehead atoms. The minimum atomic E-state index is -1.73. The van der Waals surface area contributed by atoms with Crippen LogP contribution < -0.4 is 10.6 Å². The summed E-state index contributed by atoms with van der Waals surface area (Å²) in [5, 5.41) is 27.1. The van der Waals surface area contributed by atoms with Crippen LogP contribution in [-0.2, 0) is 30.3 Å². The van der Waals surface area contributed by atoms with Gasteiger partial charge in [-0.25, -0.2) is 9.59 Å². The SMILES string of the molecule is Cc1cc(C)cc(NCCCCNC(=O)C(OCCCCCc2ccc3ccccc3c2)C(OCC(=O)O)C(=O)O)c1. The van der Waals surface area contributed by atoms with Crippen molar-refractivity contribution in [1.29, 1.82) is 0 Å². The summed E-state index contributed by atoms with van der Waals surface area (Å²) in [5.41, 5.74) is 4.64. The van der Waals surface area contributed by atoms with Gasteiger partial charge in [0.05, 0.1) is 0 Å². The van der Waals surface area contributed by atoms with Gasteiger partial charge in [0.1, 0.15) is 6.61 Å². The van der Waals surface area contributed by atoms with E-state index in [4.69, 9.17) is 14.6 Å². The number of carbonyl (C=O) groups excluding carboxylic acids is 1. The van der Waals surface area contributed by atoms with E-state index in [-0.39, 0.29) is 6.61 Å². The number of hydrogen-bond donors (Lipinski definition) is 4. The van der Waals surface area contributed by atoms with Crippen LogP contribution >= 0.6 is 0 Å². The summed E-state index contributed by atoms with van der Waals surface area (Å²) >= 11 is 0. The molecule has 0 aliphatic rings. The van der Waals surface area contributed by atoms with E-state index in [1.807, 2.05) is 26.0 Å². The van der Waals surface area contributed by atoms with Gasteiger partial charge >= 0.3 is 11.9 Å². The Balaban J connectivity index is 1.44. The third-order valence-electron chi connectivity index (χ3n) is 6.84. The molecule has 0 radical (unpaired) electrons. The maximum Gasteiger partial charge on any atom is 0.336 e. The first-order valence-corrected chi connectivity index (χ1v) is 14.5. The summed E-state index contributed by atoms with van der Waals surface area (Å²) in [6.45, 7) is 4.43. The number of amides is 1. The summed E-state index contributed by atoms with van der Waals surface area (Å²) in [4.78, 5) is 35.8. The van der Waals surface area contributed by atoms with Gasteiger partial charge in [0, 0.05) is 25.4 Å². The van der Waals surface area contributed by atoms with Gasteiger partial charge in [0.2, 0.25) is 0 Å². The number of aryl methyl sites for hydroxylation is 3. The molecule has 2 unspecified atom stereocenters. The van der Waals surface area contributed by atoms with Crippen molar-refractivity contribution in [3.8, 4) is 0 Å². The van der Waals surface area contributed by atoms with Crippen molar-refractivity contribution in [2.45, 2.75) is 64.6 Å². The van der Waals surface area contributed by atoms with Gasteiger partial charge in [-0.05, 0) is 85.5 Å². The number of benzene rings is 3. The fourth-order valence-corrected chi connectivity index (χ4v) is 4.83. The molecule has 0 aliphatic heterocycles. The van der Waals surface area contributed by atoms with Crippen LogP contribution in [0.25, 0.3) is 10.8 Å². The molecular weight excluding hydrogens is 536 g/mol. The van der Waals surface area contributed by atoms with Crippen molar-refractivity contribution in [3.05, 3.63) is 77.4 Å². The number of anilines is 1. The van der Waals surface area contributed by atoms with Gasteiger partial charge in [0.15, 0.2) is 12.2 Å². The molecule has 1 amide bonds. The van der Waals surface area contributed by atoms with Crippen LogP contribution in [0.4, 0.5) is 5.69 Å². The highest BCUT2D eigenvalue weighted by Crippen LogP contribution is 2.18. The lowest BCUT2D eigenvalue weighted by Gasteiger charge is -2.23. The van der Waals surface area contributed by atoms with E-state index >= 15 is 0 Å². The van der Waals surface area contributed by atoms with E-state index in [0.717, 1.165) is 37.9 Å². The average Bonchev–Trinajstić information content (AvgIpc) is 2.94. The Morgan fingerprint density at radius 1 is 0.762 bits per heavy atom. The number of fused-ring (bicyclic) bond motifs is 1. The predicted molar refractivity (Wildman–Crippen MR) is 163 cm³/mol. The second-order valence-corrected chi connectivity index (χ2v) is 10.5. The minimum absolute atomic E-state index is 0.149. The standard InChI is InChI=1S/C33H42N2O7/c1-23-18-24(2)20-28(19-23)34-15-7-8-16-35-32(38)30(31(33(39)40)42-22-29(36)37)41-17-9-3-4-10-25-13-14-26-11-5-6-12-27(26)21-25/h5-6,11-14,18-21,30-31,34H,3-4,7-10,15-17,22H2,1-2H3,(H,35,38)(H,36,37)(H,39,40). The largest absolute Gasteiger partial charge is 0.480 e. The molecular formula is C33H42N2O7. The van der Waals surface area contributed by atoms with Crippen molar-refractivity contribution in [3.63, 3.8) is 0 Å². The topological polar surface area (TPSA) is 134 Å². The summed E-state index contributed by atoms with van der Waals surface area (Å²) in [6, 6.07) is 20.9. The van der Waals surface area contributed by atoms with Crippen LogP contribution in [0.3, 0.4) is 0 Å². The maximum absolute atomic E-state index is 12.9. The Morgan fingerprint density at radius 3 is 2.19 bits per heavy atom. The molecule has 3 aromatic rings. The normalized spacial score (nSPS) is 12.5. The van der Waals surface area contributed by atoms with Crippen LogP contribution in [0.15, 0.2) is 60.7 Å². The predicted octanol–water partition coefficient (Wildman–Crippen LogP) is 5.12. The lowest BCUT2D eigenvalue weighted by atomic mass is 10.0. The molecule has 4 N–H and O–H groups in total. The molecule has 0 fully saturated rings. The van der Waals surface area contributed by atoms with E-state index < -0.39 is 36.7 Å². The van der Waals surface area contributed by atoms with E-state index in [2.05, 4.69) is 59.2 Å². The van der Waals surface area contributed by atoms with E-state index in [9.17, 15) is 19.5 Å². The van der Waals surface area contributed by atoms with E-state index in [1.165, 1.54) is 27.5 Å². The third-order valence-corrected chi connectivity index (χ3v) is 6.84. The number of aliphatic carboxylic acids is 2. The van der Waals surface area contributed by atoms with Crippen LogP contribution in [0.5, 0.6) is 0 Å². The number of ether oxygens (including phenoxy) is 2. The summed E-state index contributed by atoms with van der Waals surface area (Å²) in [7, 11) is 0. The molecule has 0 saturated carbocycles. The first-order valence-electron chi connectivity index (χ1n) is 14.5. The number of hydrogen-bond acceptors (Lipinski definition) is 6. The summed E-state index contributed by atoms with van der Waals surface area (Å²) < 4.78 is 10.7. The fraction of sp³-hybridized carbons (Fsp3) is 0.424. The van der Waals surface area contributed by atoms with Gasteiger partial charge in [-0.2, -0.15) is 0 Å². The zero-order valence-corrected chi connectivity index (χ0v) is 24.4. The zero-order valence-electron chi connectivity index (χ0n) is 24.4. The van der Waals surface area contributed by atoms with Crippen molar-refractivity contribution in [1.82, 2.24) is 5.32 Å². The molecule has 0 aliphatic carbocycles. The van der Waals surface area contributed by atoms with Crippen LogP contribution in [0.2, 0.25) is 0 Å². The smallest absolute Gasteiger partial charge is 0.336 e. The second kappa shape index (κ2) is 17.1. The summed E-state index contributed by atoms with van der Waals surface area (Å²) in [6.07, 6.45) is 1.50. The molecule has 9 nitrogen and oxygen atoms in total. The highest BCUT2D eigenvalue weighted by Gasteiger charge is 2.36. The van der Waals surface area contributed by atoms with Crippen LogP contribution in [-0.4, -0.2) is 66.6 Å². The van der Waals surface area contributed by atoms with Crippen LogP contribution in [0, 0.1) is 13.8 Å². The lowest BCUT2D eigenvalue weighted by Crippen LogP contribution is -2.49. The van der Waals surface area contributed by atoms with Gasteiger partial charge in [-0.1, -0.05) is 55.0 Å². The van der Waals surface area contributed by atoms with Crippen molar-refractivity contribution >= 4 is 34.3 Å². The Hall–Kier alpha value is -3.95. The third kappa shape index (κ3) is 11.1. The Kier molecular flexibility index (Phi) is 13.3. The molecule has 0 aromatic heterocycles. The molecule has 3 aromatic carbocycles. The Bertz CT molecular complexity index is 1310. The van der Waals surface area contributed by atoms with Gasteiger partial charge in [-0.3, -0.25) is 4.79 Å².